The SMILES string of the molecule is CN=C(NCCc1csc(C)n1)NCCc1cccs1. The van der Waals surface area contributed by atoms with Gasteiger partial charge < -0.3 is 10.6 Å². The zero-order valence-corrected chi connectivity index (χ0v) is 13.5. The number of guanidine groups is 1. The van der Waals surface area contributed by atoms with Crippen LogP contribution in [0.3, 0.4) is 0 Å². The molecule has 0 bridgehead atoms. The van der Waals surface area contributed by atoms with Gasteiger partial charge in [0.1, 0.15) is 0 Å². The summed E-state index contributed by atoms with van der Waals surface area (Å²) in [5.41, 5.74) is 1.15. The number of nitrogens with one attached hydrogen (secondary N) is 2. The molecule has 0 unspecified atom stereocenters. The van der Waals surface area contributed by atoms with Gasteiger partial charge in [-0.2, -0.15) is 0 Å². The third-order valence-electron chi connectivity index (χ3n) is 2.81. The van der Waals surface area contributed by atoms with E-state index in [-0.39, 0.29) is 0 Å². The summed E-state index contributed by atoms with van der Waals surface area (Å²) in [6.07, 6.45) is 1.96. The minimum atomic E-state index is 0.849. The lowest BCUT2D eigenvalue weighted by atomic mass is 10.3. The number of aryl methyl sites for hydroxylation is 1. The summed E-state index contributed by atoms with van der Waals surface area (Å²) in [7, 11) is 1.80. The van der Waals surface area contributed by atoms with Crippen molar-refractivity contribution in [2.24, 2.45) is 4.99 Å². The Morgan fingerprint density at radius 2 is 2.05 bits per heavy atom. The number of thiazole rings is 1. The van der Waals surface area contributed by atoms with Crippen molar-refractivity contribution in [2.75, 3.05) is 20.1 Å². The minimum absolute atomic E-state index is 0.849. The monoisotopic (exact) mass is 308 g/mol. The number of thiophene rings is 1. The number of rotatable bonds is 6. The van der Waals surface area contributed by atoms with E-state index in [4.69, 9.17) is 0 Å². The maximum atomic E-state index is 4.45. The van der Waals surface area contributed by atoms with Gasteiger partial charge in [-0.25, -0.2) is 4.98 Å². The van der Waals surface area contributed by atoms with Gasteiger partial charge in [0.15, 0.2) is 5.96 Å². The summed E-state index contributed by atoms with van der Waals surface area (Å²) in [5, 5.41) is 12.0. The molecule has 0 aromatic carbocycles. The average molecular weight is 308 g/mol. The molecule has 2 N–H and O–H groups in total. The van der Waals surface area contributed by atoms with E-state index < -0.39 is 0 Å². The fraction of sp³-hybridized carbons (Fsp3) is 0.429. The van der Waals surface area contributed by atoms with Crippen LogP contribution < -0.4 is 10.6 Å². The van der Waals surface area contributed by atoms with E-state index in [9.17, 15) is 0 Å². The molecule has 2 heterocycles. The minimum Gasteiger partial charge on any atom is -0.356 e. The summed E-state index contributed by atoms with van der Waals surface area (Å²) >= 11 is 3.49. The average Bonchev–Trinajstić information content (AvgIpc) is 3.09. The molecule has 0 fully saturated rings. The van der Waals surface area contributed by atoms with Crippen molar-refractivity contribution < 1.29 is 0 Å². The van der Waals surface area contributed by atoms with Crippen LogP contribution in [0, 0.1) is 6.92 Å². The molecule has 0 aliphatic rings. The maximum absolute atomic E-state index is 4.45. The third kappa shape index (κ3) is 4.94. The molecular formula is C14H20N4S2. The number of nitrogens with zero attached hydrogens (tertiary/aromatic N) is 2. The summed E-state index contributed by atoms with van der Waals surface area (Å²) in [6, 6.07) is 4.25. The Morgan fingerprint density at radius 3 is 2.65 bits per heavy atom. The molecule has 2 rings (SSSR count). The Labute approximate surface area is 128 Å². The summed E-state index contributed by atoms with van der Waals surface area (Å²) < 4.78 is 0. The molecule has 0 atom stereocenters. The molecule has 0 spiro atoms. The highest BCUT2D eigenvalue weighted by Gasteiger charge is 2.01. The Kier molecular flexibility index (Phi) is 6.01. The zero-order chi connectivity index (χ0) is 14.2. The summed E-state index contributed by atoms with van der Waals surface area (Å²) in [4.78, 5) is 10.1. The molecule has 108 valence electrons. The highest BCUT2D eigenvalue weighted by atomic mass is 32.1. The van der Waals surface area contributed by atoms with Gasteiger partial charge in [0.05, 0.1) is 10.7 Å². The number of hydrogen-bond donors (Lipinski definition) is 2. The van der Waals surface area contributed by atoms with Crippen LogP contribution in [0.15, 0.2) is 27.9 Å². The second-order valence-corrected chi connectivity index (χ2v) is 6.46. The Bertz CT molecular complexity index is 531. The van der Waals surface area contributed by atoms with Crippen LogP contribution in [-0.4, -0.2) is 31.1 Å². The number of aromatic nitrogens is 1. The molecule has 4 nitrogen and oxygen atoms in total. The first-order valence-corrected chi connectivity index (χ1v) is 8.42. The van der Waals surface area contributed by atoms with E-state index in [0.29, 0.717) is 0 Å². The van der Waals surface area contributed by atoms with Crippen molar-refractivity contribution in [1.82, 2.24) is 15.6 Å². The van der Waals surface area contributed by atoms with Crippen molar-refractivity contribution in [3.8, 4) is 0 Å². The van der Waals surface area contributed by atoms with Crippen LogP contribution in [0.5, 0.6) is 0 Å². The second-order valence-electron chi connectivity index (χ2n) is 4.36. The first kappa shape index (κ1) is 15.0. The molecule has 2 aromatic heterocycles. The predicted octanol–water partition coefficient (Wildman–Crippen LogP) is 2.46. The van der Waals surface area contributed by atoms with Gasteiger partial charge in [-0.05, 0) is 24.8 Å². The lowest BCUT2D eigenvalue weighted by Crippen LogP contribution is -2.39. The highest BCUT2D eigenvalue weighted by Crippen LogP contribution is 2.08. The van der Waals surface area contributed by atoms with Gasteiger partial charge in [-0.1, -0.05) is 6.07 Å². The lowest BCUT2D eigenvalue weighted by Gasteiger charge is -2.10. The fourth-order valence-electron chi connectivity index (χ4n) is 1.81. The molecular weight excluding hydrogens is 288 g/mol. The smallest absolute Gasteiger partial charge is 0.191 e. The second kappa shape index (κ2) is 8.01. The molecule has 0 radical (unpaired) electrons. The van der Waals surface area contributed by atoms with Gasteiger partial charge in [-0.3, -0.25) is 4.99 Å². The van der Waals surface area contributed by atoms with E-state index in [0.717, 1.165) is 42.6 Å². The van der Waals surface area contributed by atoms with Crippen molar-refractivity contribution in [1.29, 1.82) is 0 Å². The topological polar surface area (TPSA) is 49.3 Å². The van der Waals surface area contributed by atoms with Crippen LogP contribution in [0.2, 0.25) is 0 Å². The van der Waals surface area contributed by atoms with E-state index in [1.165, 1.54) is 4.88 Å². The Balaban J connectivity index is 1.65. The van der Waals surface area contributed by atoms with Crippen molar-refractivity contribution in [3.05, 3.63) is 38.5 Å². The maximum Gasteiger partial charge on any atom is 0.191 e. The van der Waals surface area contributed by atoms with E-state index >= 15 is 0 Å². The normalized spacial score (nSPS) is 11.6. The Hall–Kier alpha value is -1.40. The van der Waals surface area contributed by atoms with E-state index in [1.54, 1.807) is 29.7 Å². The number of hydrogen-bond acceptors (Lipinski definition) is 4. The fourth-order valence-corrected chi connectivity index (χ4v) is 3.17. The standard InChI is InChI=1S/C14H20N4S2/c1-11-18-12(10-20-11)5-7-16-14(15-2)17-8-6-13-4-3-9-19-13/h3-4,9-10H,5-8H2,1-2H3,(H2,15,16,17). The van der Waals surface area contributed by atoms with Crippen LogP contribution >= 0.6 is 22.7 Å². The first-order chi connectivity index (χ1) is 9.78. The van der Waals surface area contributed by atoms with Crippen LogP contribution in [0.4, 0.5) is 0 Å². The molecule has 0 saturated heterocycles. The summed E-state index contributed by atoms with van der Waals surface area (Å²) in [6.45, 7) is 3.78. The van der Waals surface area contributed by atoms with Gasteiger partial charge in [0.25, 0.3) is 0 Å². The van der Waals surface area contributed by atoms with E-state index in [1.807, 2.05) is 6.92 Å². The van der Waals surface area contributed by atoms with Gasteiger partial charge in [-0.15, -0.1) is 22.7 Å². The quantitative estimate of drug-likeness (QED) is 0.637. The third-order valence-corrected chi connectivity index (χ3v) is 4.57. The van der Waals surface area contributed by atoms with Crippen LogP contribution in [-0.2, 0) is 12.8 Å². The van der Waals surface area contributed by atoms with Crippen molar-refractivity contribution in [2.45, 2.75) is 19.8 Å². The molecule has 0 amide bonds. The number of aliphatic imine (C=N–C) groups is 1. The van der Waals surface area contributed by atoms with E-state index in [2.05, 4.69) is 43.5 Å². The molecule has 6 heteroatoms. The first-order valence-electron chi connectivity index (χ1n) is 6.66. The van der Waals surface area contributed by atoms with Crippen molar-refractivity contribution >= 4 is 28.6 Å². The largest absolute Gasteiger partial charge is 0.356 e. The molecule has 0 saturated carbocycles. The highest BCUT2D eigenvalue weighted by molar-refractivity contribution is 7.10. The lowest BCUT2D eigenvalue weighted by molar-refractivity contribution is 0.780. The Morgan fingerprint density at radius 1 is 1.25 bits per heavy atom. The molecule has 20 heavy (non-hydrogen) atoms. The van der Waals surface area contributed by atoms with Crippen LogP contribution in [0.1, 0.15) is 15.6 Å². The zero-order valence-electron chi connectivity index (χ0n) is 11.8. The molecule has 0 aliphatic heterocycles. The van der Waals surface area contributed by atoms with Crippen molar-refractivity contribution in [3.63, 3.8) is 0 Å². The van der Waals surface area contributed by atoms with Crippen LogP contribution in [0.25, 0.3) is 0 Å². The predicted molar refractivity (Wildman–Crippen MR) is 87.9 cm³/mol. The van der Waals surface area contributed by atoms with Gasteiger partial charge >= 0.3 is 0 Å². The molecule has 2 aromatic rings. The van der Waals surface area contributed by atoms with Gasteiger partial charge in [0, 0.05) is 36.8 Å². The van der Waals surface area contributed by atoms with Gasteiger partial charge in [0.2, 0.25) is 0 Å². The summed E-state index contributed by atoms with van der Waals surface area (Å²) in [5.74, 6) is 0.855. The molecule has 0 aliphatic carbocycles.